The zero-order chi connectivity index (χ0) is 33.7. The maximum absolute atomic E-state index is 15.1. The van der Waals surface area contributed by atoms with E-state index >= 15 is 8.78 Å². The molecule has 2 atom stereocenters. The van der Waals surface area contributed by atoms with Gasteiger partial charge in [-0.05, 0) is 41.3 Å². The van der Waals surface area contributed by atoms with E-state index < -0.39 is 70.9 Å². The number of aliphatic carboxylic acids is 1. The van der Waals surface area contributed by atoms with Crippen LogP contribution in [0.25, 0.3) is 11.1 Å². The van der Waals surface area contributed by atoms with Crippen LogP contribution < -0.4 is 21.5 Å². The molecule has 0 radical (unpaired) electrons. The van der Waals surface area contributed by atoms with Crippen LogP contribution in [-0.4, -0.2) is 64.1 Å². The van der Waals surface area contributed by atoms with Crippen LogP contribution >= 0.6 is 0 Å². The number of nitrogens with zero attached hydrogens (tertiary/aromatic N) is 3. The number of aromatic nitrogens is 2. The van der Waals surface area contributed by atoms with Gasteiger partial charge in [0.15, 0.2) is 0 Å². The molecular weight excluding hydrogens is 623 g/mol. The Bertz CT molecular complexity index is 1830. The summed E-state index contributed by atoms with van der Waals surface area (Å²) in [5.74, 6) is -5.89. The molecule has 1 unspecified atom stereocenters. The molecule has 1 aromatic heterocycles. The van der Waals surface area contributed by atoms with Crippen LogP contribution in [0.15, 0.2) is 33.9 Å². The van der Waals surface area contributed by atoms with Crippen LogP contribution in [0.1, 0.15) is 32.7 Å². The first-order valence-corrected chi connectivity index (χ1v) is 14.0. The Labute approximate surface area is 257 Å². The van der Waals surface area contributed by atoms with Crippen LogP contribution in [0.5, 0.6) is 0 Å². The third-order valence-electron chi connectivity index (χ3n) is 8.37. The van der Waals surface area contributed by atoms with Gasteiger partial charge < -0.3 is 29.4 Å². The number of morpholine rings is 1. The molecule has 0 saturated carbocycles. The fourth-order valence-corrected chi connectivity index (χ4v) is 5.80. The zero-order valence-corrected chi connectivity index (χ0v) is 24.8. The molecule has 46 heavy (non-hydrogen) atoms. The predicted octanol–water partition coefficient (Wildman–Crippen LogP) is 2.56. The number of hydrogen-bond donors (Lipinski definition) is 2. The first-order valence-electron chi connectivity index (χ1n) is 14.0. The average Bonchev–Trinajstić information content (AvgIpc) is 3.49. The molecule has 2 aromatic carbocycles. The van der Waals surface area contributed by atoms with E-state index in [2.05, 4.69) is 5.32 Å². The van der Waals surface area contributed by atoms with Gasteiger partial charge in [-0.3, -0.25) is 14.2 Å². The normalized spacial score (nSPS) is 17.1. The molecule has 1 saturated heterocycles. The van der Waals surface area contributed by atoms with Gasteiger partial charge in [-0.1, -0.05) is 12.1 Å². The number of benzene rings is 2. The van der Waals surface area contributed by atoms with E-state index in [0.29, 0.717) is 40.1 Å². The van der Waals surface area contributed by atoms with E-state index in [1.54, 1.807) is 19.1 Å². The van der Waals surface area contributed by atoms with E-state index in [1.165, 1.54) is 18.7 Å². The van der Waals surface area contributed by atoms with E-state index in [-0.39, 0.29) is 38.3 Å². The third kappa shape index (κ3) is 5.89. The SMILES string of the molecule is Cc1c(-c2ccc(CC(NC(=O)c3c(F)cc(N4CCOC[C@@H]4C(F)(F)F)cc3F)C(=O)O)c3c2COC3)c(=O)n(C)c(=O)n1C. The molecule has 0 spiro atoms. The highest BCUT2D eigenvalue weighted by molar-refractivity contribution is 5.97. The summed E-state index contributed by atoms with van der Waals surface area (Å²) in [6.45, 7) is 0.579. The van der Waals surface area contributed by atoms with E-state index in [0.717, 1.165) is 9.47 Å². The lowest BCUT2D eigenvalue weighted by Gasteiger charge is -2.38. The zero-order valence-electron chi connectivity index (χ0n) is 24.8. The van der Waals surface area contributed by atoms with Crippen molar-refractivity contribution < 1.29 is 46.1 Å². The summed E-state index contributed by atoms with van der Waals surface area (Å²) in [5, 5.41) is 12.0. The van der Waals surface area contributed by atoms with Gasteiger partial charge in [0, 0.05) is 38.4 Å². The van der Waals surface area contributed by atoms with Crippen molar-refractivity contribution in [2.75, 3.05) is 24.7 Å². The molecule has 11 nitrogen and oxygen atoms in total. The molecular formula is C30H29F5N4O7. The third-order valence-corrected chi connectivity index (χ3v) is 8.37. The molecule has 246 valence electrons. The number of halogens is 5. The van der Waals surface area contributed by atoms with E-state index in [9.17, 15) is 37.5 Å². The Morgan fingerprint density at radius 2 is 1.70 bits per heavy atom. The number of anilines is 1. The summed E-state index contributed by atoms with van der Waals surface area (Å²) in [7, 11) is 2.87. The van der Waals surface area contributed by atoms with Gasteiger partial charge in [0.25, 0.3) is 11.5 Å². The number of carboxylic acid groups (broad SMARTS) is 1. The van der Waals surface area contributed by atoms with E-state index in [4.69, 9.17) is 9.47 Å². The lowest BCUT2D eigenvalue weighted by Crippen LogP contribution is -2.53. The molecule has 1 fully saturated rings. The Hall–Kier alpha value is -4.57. The average molecular weight is 653 g/mol. The number of rotatable bonds is 7. The molecule has 0 aliphatic carbocycles. The lowest BCUT2D eigenvalue weighted by molar-refractivity contribution is -0.167. The molecule has 2 aliphatic rings. The fourth-order valence-electron chi connectivity index (χ4n) is 5.80. The first kappa shape index (κ1) is 32.8. The smallest absolute Gasteiger partial charge is 0.411 e. The minimum atomic E-state index is -4.75. The van der Waals surface area contributed by atoms with Crippen molar-refractivity contribution in [2.45, 2.75) is 44.8 Å². The number of carbonyl (C=O) groups excluding carboxylic acids is 1. The van der Waals surface area contributed by atoms with Gasteiger partial charge in [-0.2, -0.15) is 13.2 Å². The topological polar surface area (TPSA) is 132 Å². The highest BCUT2D eigenvalue weighted by Gasteiger charge is 2.46. The van der Waals surface area contributed by atoms with Crippen LogP contribution in [0.3, 0.4) is 0 Å². The maximum Gasteiger partial charge on any atom is 0.411 e. The highest BCUT2D eigenvalue weighted by atomic mass is 19.4. The van der Waals surface area contributed by atoms with Gasteiger partial charge in [-0.25, -0.2) is 18.4 Å². The molecule has 5 rings (SSSR count). The van der Waals surface area contributed by atoms with Crippen LogP contribution in [0.2, 0.25) is 0 Å². The molecule has 3 aromatic rings. The second kappa shape index (κ2) is 12.3. The quantitative estimate of drug-likeness (QED) is 0.373. The summed E-state index contributed by atoms with van der Waals surface area (Å²) in [6.07, 6.45) is -5.09. The minimum absolute atomic E-state index is 0.0507. The lowest BCUT2D eigenvalue weighted by atomic mass is 9.90. The number of alkyl halides is 3. The summed E-state index contributed by atoms with van der Waals surface area (Å²) in [4.78, 5) is 51.3. The van der Waals surface area contributed by atoms with Crippen LogP contribution in [0.4, 0.5) is 27.6 Å². The summed E-state index contributed by atoms with van der Waals surface area (Å²) in [6, 6.07) is 0.468. The van der Waals surface area contributed by atoms with Crippen molar-refractivity contribution in [3.8, 4) is 11.1 Å². The largest absolute Gasteiger partial charge is 0.480 e. The summed E-state index contributed by atoms with van der Waals surface area (Å²) in [5.41, 5.74) is 0.0588. The molecule has 1 amide bonds. The molecule has 2 N–H and O–H groups in total. The Morgan fingerprint density at radius 3 is 2.33 bits per heavy atom. The number of fused-ring (bicyclic) bond motifs is 1. The minimum Gasteiger partial charge on any atom is -0.480 e. The predicted molar refractivity (Wildman–Crippen MR) is 153 cm³/mol. The Balaban J connectivity index is 1.43. The van der Waals surface area contributed by atoms with Crippen molar-refractivity contribution >= 4 is 17.6 Å². The number of ether oxygens (including phenoxy) is 2. The first-order chi connectivity index (χ1) is 21.6. The number of carboxylic acids is 1. The van der Waals surface area contributed by atoms with Crippen molar-refractivity contribution in [2.24, 2.45) is 14.1 Å². The van der Waals surface area contributed by atoms with Gasteiger partial charge in [0.1, 0.15) is 29.3 Å². The number of hydrogen-bond acceptors (Lipinski definition) is 7. The van der Waals surface area contributed by atoms with Crippen LogP contribution in [0, 0.1) is 18.6 Å². The standard InChI is InChI=1S/C30H29F5N4O7/c1-14-24(27(41)38(3)29(44)37(14)2)17-5-4-15(18-11-46-12-19(17)18)8-22(28(42)43)36-26(40)25-20(31)9-16(10-21(25)32)39-6-7-45-13-23(39)30(33,34)35/h4-5,9-10,22-23H,6-8,11-13H2,1-3H3,(H,36,40)(H,42,43)/t22?,23-/m1/s1. The Morgan fingerprint density at radius 1 is 1.04 bits per heavy atom. The fraction of sp³-hybridized carbons (Fsp3) is 0.400. The molecule has 3 heterocycles. The summed E-state index contributed by atoms with van der Waals surface area (Å²) < 4.78 is 83.4. The van der Waals surface area contributed by atoms with Gasteiger partial charge >= 0.3 is 17.8 Å². The van der Waals surface area contributed by atoms with Gasteiger partial charge in [0.05, 0.1) is 32.0 Å². The van der Waals surface area contributed by atoms with Crippen LogP contribution in [-0.2, 0) is 48.0 Å². The molecule has 16 heteroatoms. The second-order valence-corrected chi connectivity index (χ2v) is 11.1. The number of carbonyl (C=O) groups is 2. The van der Waals surface area contributed by atoms with Crippen molar-refractivity contribution in [3.63, 3.8) is 0 Å². The van der Waals surface area contributed by atoms with Crippen molar-refractivity contribution in [1.29, 1.82) is 0 Å². The van der Waals surface area contributed by atoms with Gasteiger partial charge in [0.2, 0.25) is 0 Å². The number of nitrogens with one attached hydrogen (secondary N) is 1. The molecule has 0 bridgehead atoms. The van der Waals surface area contributed by atoms with Crippen molar-refractivity contribution in [1.82, 2.24) is 14.5 Å². The number of amides is 1. The van der Waals surface area contributed by atoms with E-state index in [1.807, 2.05) is 0 Å². The van der Waals surface area contributed by atoms with Gasteiger partial charge in [-0.15, -0.1) is 0 Å². The maximum atomic E-state index is 15.1. The van der Waals surface area contributed by atoms with Crippen molar-refractivity contribution in [3.05, 3.63) is 84.7 Å². The Kier molecular flexibility index (Phi) is 8.79. The highest BCUT2D eigenvalue weighted by Crippen LogP contribution is 2.35. The second-order valence-electron chi connectivity index (χ2n) is 11.1. The monoisotopic (exact) mass is 652 g/mol. The molecule has 2 aliphatic heterocycles. The summed E-state index contributed by atoms with van der Waals surface area (Å²) >= 11 is 0.